The maximum Gasteiger partial charge on any atom is 0.220 e. The number of ether oxygens (including phenoxy) is 3. The molecule has 10 atom stereocenters. The zero-order chi connectivity index (χ0) is 17.3. The van der Waals surface area contributed by atoms with Crippen molar-refractivity contribution in [3.63, 3.8) is 0 Å². The van der Waals surface area contributed by atoms with Gasteiger partial charge in [0.1, 0.15) is 48.8 Å². The van der Waals surface area contributed by atoms with Crippen LogP contribution in [0.15, 0.2) is 0 Å². The van der Waals surface area contributed by atoms with Crippen LogP contribution in [0.25, 0.3) is 0 Å². The number of hydrogen-bond donors (Lipinski definition) is 7. The van der Waals surface area contributed by atoms with Crippen molar-refractivity contribution in [2.24, 2.45) is 0 Å². The van der Waals surface area contributed by atoms with Gasteiger partial charge in [-0.15, -0.1) is 0 Å². The van der Waals surface area contributed by atoms with Gasteiger partial charge in [0, 0.05) is 0 Å². The first-order chi connectivity index (χ1) is 10.8. The zero-order valence-corrected chi connectivity index (χ0v) is 12.0. The van der Waals surface area contributed by atoms with Gasteiger partial charge in [0.2, 0.25) is 6.29 Å². The molecule has 1 unspecified atom stereocenters. The van der Waals surface area contributed by atoms with E-state index in [4.69, 9.17) is 19.3 Å². The van der Waals surface area contributed by atoms with Crippen LogP contribution in [0, 0.1) is 0 Å². The van der Waals surface area contributed by atoms with Gasteiger partial charge in [0.05, 0.1) is 13.2 Å². The van der Waals surface area contributed by atoms with E-state index >= 15 is 0 Å². The molecule has 11 nitrogen and oxygen atoms in total. The van der Waals surface area contributed by atoms with E-state index in [0.717, 1.165) is 0 Å². The molecule has 7 N–H and O–H groups in total. The average Bonchev–Trinajstić information content (AvgIpc) is 2.55. The van der Waals surface area contributed by atoms with Crippen LogP contribution in [-0.2, 0) is 19.3 Å². The molecule has 23 heavy (non-hydrogen) atoms. The van der Waals surface area contributed by atoms with Gasteiger partial charge in [-0.2, -0.15) is 5.11 Å². The Labute approximate surface area is 130 Å². The van der Waals surface area contributed by atoms with Gasteiger partial charge in [-0.3, -0.25) is 0 Å². The van der Waals surface area contributed by atoms with E-state index in [0.29, 0.717) is 0 Å². The van der Waals surface area contributed by atoms with Crippen LogP contribution < -0.4 is 0 Å². The molecule has 2 aliphatic rings. The van der Waals surface area contributed by atoms with Crippen LogP contribution in [-0.4, -0.2) is 110 Å². The molecule has 2 heterocycles. The van der Waals surface area contributed by atoms with Crippen molar-refractivity contribution in [2.75, 3.05) is 13.2 Å². The SMILES string of the molecule is [O]C1O[C@H](CO)[C@@H](O[C@H]2O[C@H](CO)[C@@H](O)[C@H](O)[C@H]2O)[C@H](O)[C@H]1O. The molecule has 2 aliphatic heterocycles. The van der Waals surface area contributed by atoms with Crippen molar-refractivity contribution in [1.82, 2.24) is 0 Å². The summed E-state index contributed by atoms with van der Waals surface area (Å²) in [6, 6.07) is 0. The minimum atomic E-state index is -1.99. The minimum Gasteiger partial charge on any atom is -0.394 e. The second kappa shape index (κ2) is 7.63. The van der Waals surface area contributed by atoms with Crippen LogP contribution in [0.1, 0.15) is 0 Å². The molecule has 2 saturated heterocycles. The summed E-state index contributed by atoms with van der Waals surface area (Å²) in [5.41, 5.74) is 0. The summed E-state index contributed by atoms with van der Waals surface area (Å²) in [5.74, 6) is 0. The van der Waals surface area contributed by atoms with E-state index in [1.165, 1.54) is 0 Å². The lowest BCUT2D eigenvalue weighted by molar-refractivity contribution is -0.360. The van der Waals surface area contributed by atoms with Gasteiger partial charge in [-0.05, 0) is 0 Å². The standard InChI is InChI=1S/C12H21O11/c13-1-3-5(15)6(16)9(19)12(22-3)23-10-4(2-14)21-11(20)8(18)7(10)17/h3-19H,1-2H2/t3-,4-,5-,6+,7-,8-,9-,10-,11?,12-/m1/s1. The van der Waals surface area contributed by atoms with Crippen molar-refractivity contribution in [2.45, 2.75) is 61.4 Å². The van der Waals surface area contributed by atoms with E-state index in [9.17, 15) is 35.7 Å². The maximum absolute atomic E-state index is 11.4. The number of rotatable bonds is 4. The van der Waals surface area contributed by atoms with Gasteiger partial charge in [0.25, 0.3) is 0 Å². The molecular weight excluding hydrogens is 320 g/mol. The van der Waals surface area contributed by atoms with Crippen LogP contribution in [0.2, 0.25) is 0 Å². The van der Waals surface area contributed by atoms with Crippen LogP contribution in [0.4, 0.5) is 0 Å². The first kappa shape index (κ1) is 18.9. The van der Waals surface area contributed by atoms with Crippen molar-refractivity contribution >= 4 is 0 Å². The largest absolute Gasteiger partial charge is 0.394 e. The highest BCUT2D eigenvalue weighted by molar-refractivity contribution is 4.93. The van der Waals surface area contributed by atoms with Crippen LogP contribution in [0.5, 0.6) is 0 Å². The Morgan fingerprint density at radius 3 is 1.91 bits per heavy atom. The zero-order valence-electron chi connectivity index (χ0n) is 12.0. The molecular formula is C12H21O11. The number of hydrogen-bond acceptors (Lipinski definition) is 10. The van der Waals surface area contributed by atoms with E-state index in [1.807, 2.05) is 0 Å². The fraction of sp³-hybridized carbons (Fsp3) is 1.00. The number of aliphatic hydroxyl groups is 7. The molecule has 0 amide bonds. The predicted molar refractivity (Wildman–Crippen MR) is 67.1 cm³/mol. The lowest BCUT2D eigenvalue weighted by Gasteiger charge is -2.44. The quantitative estimate of drug-likeness (QED) is 0.261. The van der Waals surface area contributed by atoms with E-state index in [-0.39, 0.29) is 0 Å². The van der Waals surface area contributed by atoms with Crippen molar-refractivity contribution < 1.29 is 55.1 Å². The third kappa shape index (κ3) is 3.65. The van der Waals surface area contributed by atoms with Crippen LogP contribution in [0.3, 0.4) is 0 Å². The molecule has 2 rings (SSSR count). The molecule has 2 fully saturated rings. The molecule has 0 spiro atoms. The van der Waals surface area contributed by atoms with Gasteiger partial charge >= 0.3 is 0 Å². The summed E-state index contributed by atoms with van der Waals surface area (Å²) < 4.78 is 15.1. The van der Waals surface area contributed by atoms with Gasteiger partial charge in [-0.25, -0.2) is 0 Å². The summed E-state index contributed by atoms with van der Waals surface area (Å²) in [4.78, 5) is 0. The summed E-state index contributed by atoms with van der Waals surface area (Å²) in [6.45, 7) is -1.40. The Kier molecular flexibility index (Phi) is 6.27. The van der Waals surface area contributed by atoms with E-state index in [1.54, 1.807) is 0 Å². The predicted octanol–water partition coefficient (Wildman–Crippen LogP) is -4.96. The molecule has 0 aliphatic carbocycles. The van der Waals surface area contributed by atoms with Gasteiger partial charge < -0.3 is 50.0 Å². The third-order valence-electron chi connectivity index (χ3n) is 3.96. The fourth-order valence-corrected chi connectivity index (χ4v) is 2.56. The van der Waals surface area contributed by atoms with Crippen LogP contribution >= 0.6 is 0 Å². The normalized spacial score (nSPS) is 51.7. The van der Waals surface area contributed by atoms with E-state index < -0.39 is 74.6 Å². The lowest BCUT2D eigenvalue weighted by Crippen LogP contribution is -2.64. The topological polar surface area (TPSA) is 189 Å². The highest BCUT2D eigenvalue weighted by atomic mass is 16.7. The highest BCUT2D eigenvalue weighted by Crippen LogP contribution is 2.28. The molecule has 0 bridgehead atoms. The fourth-order valence-electron chi connectivity index (χ4n) is 2.56. The van der Waals surface area contributed by atoms with Crippen molar-refractivity contribution in [3.8, 4) is 0 Å². The Hall–Kier alpha value is -0.440. The second-order valence-electron chi connectivity index (χ2n) is 5.50. The molecule has 0 saturated carbocycles. The Balaban J connectivity index is 2.11. The second-order valence-corrected chi connectivity index (χ2v) is 5.50. The highest BCUT2D eigenvalue weighted by Gasteiger charge is 2.50. The Bertz CT molecular complexity index is 378. The minimum absolute atomic E-state index is 0.677. The van der Waals surface area contributed by atoms with Gasteiger partial charge in [0.15, 0.2) is 6.29 Å². The van der Waals surface area contributed by atoms with E-state index in [2.05, 4.69) is 0 Å². The molecule has 0 aromatic rings. The molecule has 0 aromatic heterocycles. The van der Waals surface area contributed by atoms with Gasteiger partial charge in [-0.1, -0.05) is 0 Å². The summed E-state index contributed by atoms with van der Waals surface area (Å²) in [5, 5.41) is 78.3. The van der Waals surface area contributed by atoms with Crippen molar-refractivity contribution in [3.05, 3.63) is 0 Å². The number of aliphatic hydroxyl groups excluding tert-OH is 7. The lowest BCUT2D eigenvalue weighted by atomic mass is 9.97. The summed E-state index contributed by atoms with van der Waals surface area (Å²) in [7, 11) is 0. The summed E-state index contributed by atoms with van der Waals surface area (Å²) in [6.07, 6.45) is -16.2. The first-order valence-corrected chi connectivity index (χ1v) is 7.06. The Morgan fingerprint density at radius 1 is 0.739 bits per heavy atom. The molecule has 1 radical (unpaired) electrons. The maximum atomic E-state index is 11.4. The van der Waals surface area contributed by atoms with Crippen molar-refractivity contribution in [1.29, 1.82) is 0 Å². The molecule has 0 aromatic carbocycles. The summed E-state index contributed by atoms with van der Waals surface area (Å²) >= 11 is 0. The third-order valence-corrected chi connectivity index (χ3v) is 3.96. The average molecular weight is 341 g/mol. The Morgan fingerprint density at radius 2 is 1.35 bits per heavy atom. The monoisotopic (exact) mass is 341 g/mol. The smallest absolute Gasteiger partial charge is 0.220 e. The first-order valence-electron chi connectivity index (χ1n) is 7.06. The molecule has 11 heteroatoms. The molecule has 135 valence electrons.